The number of H-pyrrole nitrogens is 1. The van der Waals surface area contributed by atoms with Crippen molar-refractivity contribution in [1.29, 1.82) is 0 Å². The quantitative estimate of drug-likeness (QED) is 0.879. The van der Waals surface area contributed by atoms with Gasteiger partial charge in [-0.2, -0.15) is 0 Å². The van der Waals surface area contributed by atoms with Crippen LogP contribution in [0.4, 0.5) is 0 Å². The predicted octanol–water partition coefficient (Wildman–Crippen LogP) is 1.61. The molecule has 0 aliphatic rings. The molecule has 0 atom stereocenters. The Morgan fingerprint density at radius 3 is 2.84 bits per heavy atom. The SMILES string of the molecule is O=c1[nH]cc(S(=O)(=O)NCCc2cccs2)cc1Cl. The Labute approximate surface area is 119 Å². The Kier molecular flexibility index (Phi) is 4.41. The molecule has 0 saturated heterocycles. The lowest BCUT2D eigenvalue weighted by Gasteiger charge is -2.06. The van der Waals surface area contributed by atoms with Crippen LogP contribution in [0.2, 0.25) is 5.02 Å². The van der Waals surface area contributed by atoms with E-state index in [9.17, 15) is 13.2 Å². The van der Waals surface area contributed by atoms with Gasteiger partial charge in [0.25, 0.3) is 5.56 Å². The number of pyridine rings is 1. The molecule has 0 unspecified atom stereocenters. The second kappa shape index (κ2) is 5.87. The molecule has 2 rings (SSSR count). The number of aromatic nitrogens is 1. The summed E-state index contributed by atoms with van der Waals surface area (Å²) < 4.78 is 26.3. The van der Waals surface area contributed by atoms with E-state index in [0.717, 1.165) is 17.1 Å². The summed E-state index contributed by atoms with van der Waals surface area (Å²) in [6.07, 6.45) is 1.75. The molecule has 0 amide bonds. The Morgan fingerprint density at radius 2 is 2.21 bits per heavy atom. The second-order valence-electron chi connectivity index (χ2n) is 3.74. The van der Waals surface area contributed by atoms with Crippen LogP contribution in [-0.2, 0) is 16.4 Å². The fraction of sp³-hybridized carbons (Fsp3) is 0.182. The van der Waals surface area contributed by atoms with Gasteiger partial charge in [-0.25, -0.2) is 13.1 Å². The van der Waals surface area contributed by atoms with Crippen molar-refractivity contribution in [1.82, 2.24) is 9.71 Å². The Balaban J connectivity index is 2.05. The molecule has 2 aromatic heterocycles. The normalized spacial score (nSPS) is 11.6. The van der Waals surface area contributed by atoms with Crippen molar-refractivity contribution in [2.24, 2.45) is 0 Å². The lowest BCUT2D eigenvalue weighted by Crippen LogP contribution is -2.26. The molecule has 2 aromatic rings. The van der Waals surface area contributed by atoms with Crippen LogP contribution in [0, 0.1) is 0 Å². The molecule has 0 spiro atoms. The summed E-state index contributed by atoms with van der Waals surface area (Å²) in [6.45, 7) is 0.291. The molecule has 2 heterocycles. The van der Waals surface area contributed by atoms with Crippen LogP contribution in [0.25, 0.3) is 0 Å². The van der Waals surface area contributed by atoms with E-state index in [1.165, 1.54) is 0 Å². The minimum atomic E-state index is -3.65. The van der Waals surface area contributed by atoms with E-state index < -0.39 is 15.6 Å². The van der Waals surface area contributed by atoms with Crippen molar-refractivity contribution in [2.75, 3.05) is 6.54 Å². The van der Waals surface area contributed by atoms with Crippen LogP contribution < -0.4 is 10.3 Å². The third-order valence-corrected chi connectivity index (χ3v) is 5.04. The van der Waals surface area contributed by atoms with Gasteiger partial charge in [0.1, 0.15) is 5.02 Å². The number of nitrogens with one attached hydrogen (secondary N) is 2. The lowest BCUT2D eigenvalue weighted by atomic mass is 10.3. The predicted molar refractivity (Wildman–Crippen MR) is 75.3 cm³/mol. The first kappa shape index (κ1) is 14.3. The first-order chi connectivity index (χ1) is 8.99. The van der Waals surface area contributed by atoms with Crippen LogP contribution in [-0.4, -0.2) is 19.9 Å². The van der Waals surface area contributed by atoms with Crippen molar-refractivity contribution < 1.29 is 8.42 Å². The van der Waals surface area contributed by atoms with Gasteiger partial charge in [-0.3, -0.25) is 4.79 Å². The summed E-state index contributed by atoms with van der Waals surface area (Å²) >= 11 is 7.17. The highest BCUT2D eigenvalue weighted by Gasteiger charge is 2.15. The standard InChI is InChI=1S/C11H11ClN2O3S2/c12-10-6-9(7-13-11(10)15)19(16,17)14-4-3-8-2-1-5-18-8/h1-2,5-7,14H,3-4H2,(H,13,15). The molecule has 0 bridgehead atoms. The van der Waals surface area contributed by atoms with E-state index in [2.05, 4.69) is 9.71 Å². The molecule has 0 fully saturated rings. The molecule has 0 radical (unpaired) electrons. The first-order valence-corrected chi connectivity index (χ1v) is 8.13. The largest absolute Gasteiger partial charge is 0.326 e. The third-order valence-electron chi connectivity index (χ3n) is 2.39. The summed E-state index contributed by atoms with van der Waals surface area (Å²) in [6, 6.07) is 4.99. The molecule has 102 valence electrons. The van der Waals surface area contributed by atoms with Gasteiger partial charge in [0.05, 0.1) is 4.90 Å². The average Bonchev–Trinajstić information content (AvgIpc) is 2.85. The minimum absolute atomic E-state index is 0.0525. The Hall–Kier alpha value is -1.15. The van der Waals surface area contributed by atoms with Crippen LogP contribution in [0.15, 0.2) is 39.5 Å². The molecule has 0 aliphatic heterocycles. The average molecular weight is 319 g/mol. The maximum absolute atomic E-state index is 11.9. The van der Waals surface area contributed by atoms with Gasteiger partial charge in [-0.1, -0.05) is 17.7 Å². The zero-order valence-electron chi connectivity index (χ0n) is 9.72. The summed E-state index contributed by atoms with van der Waals surface area (Å²) in [5.74, 6) is 0. The van der Waals surface area contributed by atoms with Gasteiger partial charge in [0.15, 0.2) is 0 Å². The van der Waals surface area contributed by atoms with Crippen LogP contribution in [0.3, 0.4) is 0 Å². The molecule has 0 aromatic carbocycles. The molecule has 0 saturated carbocycles. The highest BCUT2D eigenvalue weighted by Crippen LogP contribution is 2.11. The van der Waals surface area contributed by atoms with E-state index in [-0.39, 0.29) is 9.92 Å². The topological polar surface area (TPSA) is 79.0 Å². The van der Waals surface area contributed by atoms with E-state index >= 15 is 0 Å². The fourth-order valence-electron chi connectivity index (χ4n) is 1.44. The zero-order valence-corrected chi connectivity index (χ0v) is 12.1. The van der Waals surface area contributed by atoms with Crippen molar-refractivity contribution in [3.8, 4) is 0 Å². The van der Waals surface area contributed by atoms with Gasteiger partial charge < -0.3 is 4.98 Å². The highest BCUT2D eigenvalue weighted by molar-refractivity contribution is 7.89. The third kappa shape index (κ3) is 3.66. The summed E-state index contributed by atoms with van der Waals surface area (Å²) in [4.78, 5) is 14.4. The van der Waals surface area contributed by atoms with Crippen LogP contribution in [0.1, 0.15) is 4.88 Å². The van der Waals surface area contributed by atoms with E-state index in [1.54, 1.807) is 11.3 Å². The van der Waals surface area contributed by atoms with Crippen molar-refractivity contribution >= 4 is 33.0 Å². The van der Waals surface area contributed by atoms with Crippen LogP contribution in [0.5, 0.6) is 0 Å². The first-order valence-electron chi connectivity index (χ1n) is 5.39. The summed E-state index contributed by atoms with van der Waals surface area (Å²) in [5.41, 5.74) is -0.515. The zero-order chi connectivity index (χ0) is 13.9. The number of rotatable bonds is 5. The van der Waals surface area contributed by atoms with E-state index in [0.29, 0.717) is 13.0 Å². The molecule has 5 nitrogen and oxygen atoms in total. The molecule has 19 heavy (non-hydrogen) atoms. The van der Waals surface area contributed by atoms with E-state index in [4.69, 9.17) is 11.6 Å². The summed E-state index contributed by atoms with van der Waals surface area (Å²) in [5, 5.41) is 1.78. The number of hydrogen-bond donors (Lipinski definition) is 2. The molecule has 0 aliphatic carbocycles. The molecule has 2 N–H and O–H groups in total. The maximum atomic E-state index is 11.9. The second-order valence-corrected chi connectivity index (χ2v) is 6.95. The van der Waals surface area contributed by atoms with Crippen molar-refractivity contribution in [3.05, 3.63) is 50.0 Å². The van der Waals surface area contributed by atoms with Gasteiger partial charge >= 0.3 is 0 Å². The van der Waals surface area contributed by atoms with Crippen molar-refractivity contribution in [3.63, 3.8) is 0 Å². The van der Waals surface area contributed by atoms with Gasteiger partial charge in [-0.15, -0.1) is 11.3 Å². The number of sulfonamides is 1. The maximum Gasteiger partial charge on any atom is 0.266 e. The number of aromatic amines is 1. The molecular weight excluding hydrogens is 308 g/mol. The monoisotopic (exact) mass is 318 g/mol. The Morgan fingerprint density at radius 1 is 1.42 bits per heavy atom. The van der Waals surface area contributed by atoms with Crippen molar-refractivity contribution in [2.45, 2.75) is 11.3 Å². The lowest BCUT2D eigenvalue weighted by molar-refractivity contribution is 0.581. The number of thiophene rings is 1. The van der Waals surface area contributed by atoms with E-state index in [1.807, 2.05) is 17.5 Å². The minimum Gasteiger partial charge on any atom is -0.326 e. The molecule has 8 heteroatoms. The Bertz CT molecular complexity index is 708. The van der Waals surface area contributed by atoms with Gasteiger partial charge in [-0.05, 0) is 23.9 Å². The number of halogens is 1. The number of hydrogen-bond acceptors (Lipinski definition) is 4. The smallest absolute Gasteiger partial charge is 0.266 e. The van der Waals surface area contributed by atoms with Gasteiger partial charge in [0, 0.05) is 17.6 Å². The summed E-state index contributed by atoms with van der Waals surface area (Å²) in [7, 11) is -3.65. The van der Waals surface area contributed by atoms with Gasteiger partial charge in [0.2, 0.25) is 10.0 Å². The van der Waals surface area contributed by atoms with Crippen LogP contribution >= 0.6 is 22.9 Å². The highest BCUT2D eigenvalue weighted by atomic mass is 35.5. The molecular formula is C11H11ClN2O3S2. The fourth-order valence-corrected chi connectivity index (χ4v) is 3.41.